The largest absolute Gasteiger partial charge is 0.364 e. The highest BCUT2D eigenvalue weighted by atomic mass is 35.5. The molecule has 7 heteroatoms. The van der Waals surface area contributed by atoms with Gasteiger partial charge < -0.3 is 15.4 Å². The van der Waals surface area contributed by atoms with Crippen LogP contribution < -0.4 is 5.73 Å². The molecule has 0 aliphatic carbocycles. The highest BCUT2D eigenvalue weighted by Crippen LogP contribution is 2.23. The molecule has 3 rings (SSSR count). The van der Waals surface area contributed by atoms with Crippen LogP contribution in [-0.4, -0.2) is 60.6 Å². The van der Waals surface area contributed by atoms with E-state index in [1.54, 1.807) is 0 Å². The van der Waals surface area contributed by atoms with E-state index < -0.39 is 0 Å². The number of halogens is 2. The van der Waals surface area contributed by atoms with Gasteiger partial charge in [0.05, 0.1) is 6.10 Å². The van der Waals surface area contributed by atoms with E-state index >= 15 is 0 Å². The Morgan fingerprint density at radius 1 is 1.23 bits per heavy atom. The number of carbonyl (C=O) groups excluding carboxylic acids is 1. The molecule has 3 atom stereocenters. The van der Waals surface area contributed by atoms with Gasteiger partial charge in [-0.15, -0.1) is 24.8 Å². The molecule has 148 valence electrons. The van der Waals surface area contributed by atoms with E-state index in [4.69, 9.17) is 10.5 Å². The van der Waals surface area contributed by atoms with E-state index in [0.717, 1.165) is 45.3 Å². The molecule has 0 aromatic heterocycles. The molecular formula is C19H31Cl2N3O2. The first-order valence-corrected chi connectivity index (χ1v) is 9.06. The van der Waals surface area contributed by atoms with Crippen molar-refractivity contribution in [2.45, 2.75) is 50.5 Å². The number of likely N-dealkylation sites (tertiary alicyclic amines) is 1. The van der Waals surface area contributed by atoms with Crippen LogP contribution in [0.2, 0.25) is 0 Å². The first-order valence-electron chi connectivity index (χ1n) is 9.06. The van der Waals surface area contributed by atoms with E-state index in [1.165, 1.54) is 5.56 Å². The molecule has 2 aliphatic rings. The molecule has 1 unspecified atom stereocenters. The first kappa shape index (κ1) is 23.2. The van der Waals surface area contributed by atoms with Crippen molar-refractivity contribution in [1.29, 1.82) is 0 Å². The average Bonchev–Trinajstić information content (AvgIpc) is 3.11. The van der Waals surface area contributed by atoms with E-state index in [-0.39, 0.29) is 49.0 Å². The SMILES string of the molecule is CN(C(=O)[C@@H]1CC[C@H](CN)O1)C1CCCN(Cc2ccccc2)C1.Cl.Cl. The number of hydrogen-bond acceptors (Lipinski definition) is 4. The Labute approximate surface area is 169 Å². The minimum atomic E-state index is -0.298. The third kappa shape index (κ3) is 5.83. The number of benzene rings is 1. The summed E-state index contributed by atoms with van der Waals surface area (Å²) in [6.45, 7) is 3.49. The summed E-state index contributed by atoms with van der Waals surface area (Å²) in [6, 6.07) is 10.8. The molecule has 0 spiro atoms. The quantitative estimate of drug-likeness (QED) is 0.819. The maximum absolute atomic E-state index is 12.7. The molecule has 1 aromatic carbocycles. The lowest BCUT2D eigenvalue weighted by atomic mass is 10.0. The molecule has 1 amide bonds. The summed E-state index contributed by atoms with van der Waals surface area (Å²) in [6.07, 6.45) is 3.64. The molecule has 2 fully saturated rings. The minimum Gasteiger partial charge on any atom is -0.364 e. The van der Waals surface area contributed by atoms with E-state index in [9.17, 15) is 4.79 Å². The number of nitrogens with two attached hydrogens (primary N) is 1. The summed E-state index contributed by atoms with van der Waals surface area (Å²) >= 11 is 0. The summed E-state index contributed by atoms with van der Waals surface area (Å²) in [5.41, 5.74) is 6.98. The smallest absolute Gasteiger partial charge is 0.251 e. The summed E-state index contributed by atoms with van der Waals surface area (Å²) in [7, 11) is 1.93. The molecule has 2 N–H and O–H groups in total. The monoisotopic (exact) mass is 403 g/mol. The Morgan fingerprint density at radius 2 is 1.96 bits per heavy atom. The number of amides is 1. The van der Waals surface area contributed by atoms with Crippen molar-refractivity contribution in [2.75, 3.05) is 26.7 Å². The number of nitrogens with zero attached hydrogens (tertiary/aromatic N) is 2. The van der Waals surface area contributed by atoms with Crippen LogP contribution in [0.15, 0.2) is 30.3 Å². The Balaban J connectivity index is 0.00000169. The van der Waals surface area contributed by atoms with Crippen LogP contribution in [0.4, 0.5) is 0 Å². The first-order chi connectivity index (χ1) is 11.7. The fourth-order valence-corrected chi connectivity index (χ4v) is 3.80. The van der Waals surface area contributed by atoms with Crippen molar-refractivity contribution in [1.82, 2.24) is 9.80 Å². The lowest BCUT2D eigenvalue weighted by Crippen LogP contribution is -2.50. The van der Waals surface area contributed by atoms with Gasteiger partial charge in [-0.2, -0.15) is 0 Å². The Hall–Kier alpha value is -0.850. The van der Waals surface area contributed by atoms with Gasteiger partial charge in [0.2, 0.25) is 0 Å². The number of piperidine rings is 1. The fraction of sp³-hybridized carbons (Fsp3) is 0.632. The third-order valence-corrected chi connectivity index (χ3v) is 5.27. The Morgan fingerprint density at radius 3 is 2.62 bits per heavy atom. The molecule has 2 saturated heterocycles. The summed E-state index contributed by atoms with van der Waals surface area (Å²) in [5.74, 6) is 0.123. The van der Waals surface area contributed by atoms with Gasteiger partial charge in [0.15, 0.2) is 0 Å². The maximum atomic E-state index is 12.7. The van der Waals surface area contributed by atoms with Crippen molar-refractivity contribution >= 4 is 30.7 Å². The second kappa shape index (κ2) is 11.1. The molecule has 5 nitrogen and oxygen atoms in total. The number of carbonyl (C=O) groups is 1. The van der Waals surface area contributed by atoms with E-state index in [1.807, 2.05) is 18.0 Å². The average molecular weight is 404 g/mol. The number of likely N-dealkylation sites (N-methyl/N-ethyl adjacent to an activating group) is 1. The molecule has 0 radical (unpaired) electrons. The van der Waals surface area contributed by atoms with Crippen molar-refractivity contribution in [3.63, 3.8) is 0 Å². The molecule has 0 saturated carbocycles. The van der Waals surface area contributed by atoms with Gasteiger partial charge in [-0.05, 0) is 37.8 Å². The van der Waals surface area contributed by atoms with E-state index in [0.29, 0.717) is 6.54 Å². The normalized spacial score (nSPS) is 25.8. The molecule has 2 heterocycles. The molecule has 2 aliphatic heterocycles. The van der Waals surface area contributed by atoms with Crippen LogP contribution in [0.25, 0.3) is 0 Å². The second-order valence-electron chi connectivity index (χ2n) is 7.03. The zero-order chi connectivity index (χ0) is 16.9. The van der Waals surface area contributed by atoms with Gasteiger partial charge in [0, 0.05) is 32.7 Å². The van der Waals surface area contributed by atoms with Crippen LogP contribution in [-0.2, 0) is 16.1 Å². The standard InChI is InChI=1S/C19H29N3O2.2ClH/c1-21(19(23)18-10-9-17(12-20)24-18)16-8-5-11-22(14-16)13-15-6-3-2-4-7-15;;/h2-4,6-7,16-18H,5,8-14,20H2,1H3;2*1H/t16?,17-,18+;;/m1../s1. The van der Waals surface area contributed by atoms with Gasteiger partial charge in [-0.3, -0.25) is 9.69 Å². The summed E-state index contributed by atoms with van der Waals surface area (Å²) in [4.78, 5) is 17.1. The molecule has 26 heavy (non-hydrogen) atoms. The third-order valence-electron chi connectivity index (χ3n) is 5.27. The van der Waals surface area contributed by atoms with Crippen molar-refractivity contribution in [2.24, 2.45) is 5.73 Å². The number of hydrogen-bond donors (Lipinski definition) is 1. The Kier molecular flexibility index (Phi) is 9.90. The highest BCUT2D eigenvalue weighted by Gasteiger charge is 2.35. The molecule has 0 bridgehead atoms. The summed E-state index contributed by atoms with van der Waals surface area (Å²) in [5, 5.41) is 0. The summed E-state index contributed by atoms with van der Waals surface area (Å²) < 4.78 is 5.78. The van der Waals surface area contributed by atoms with Crippen molar-refractivity contribution in [3.05, 3.63) is 35.9 Å². The van der Waals surface area contributed by atoms with Gasteiger partial charge in [0.1, 0.15) is 6.10 Å². The van der Waals surface area contributed by atoms with Crippen LogP contribution in [0.5, 0.6) is 0 Å². The van der Waals surface area contributed by atoms with Crippen LogP contribution in [0.1, 0.15) is 31.2 Å². The van der Waals surface area contributed by atoms with Gasteiger partial charge in [-0.25, -0.2) is 0 Å². The Bertz CT molecular complexity index is 547. The molecular weight excluding hydrogens is 373 g/mol. The predicted molar refractivity (Wildman–Crippen MR) is 109 cm³/mol. The molecule has 1 aromatic rings. The van der Waals surface area contributed by atoms with Crippen LogP contribution >= 0.6 is 24.8 Å². The topological polar surface area (TPSA) is 58.8 Å². The van der Waals surface area contributed by atoms with E-state index in [2.05, 4.69) is 29.2 Å². The van der Waals surface area contributed by atoms with Gasteiger partial charge in [-0.1, -0.05) is 30.3 Å². The number of ether oxygens (including phenoxy) is 1. The van der Waals surface area contributed by atoms with Crippen LogP contribution in [0, 0.1) is 0 Å². The van der Waals surface area contributed by atoms with Crippen molar-refractivity contribution < 1.29 is 9.53 Å². The van der Waals surface area contributed by atoms with Crippen molar-refractivity contribution in [3.8, 4) is 0 Å². The highest BCUT2D eigenvalue weighted by molar-refractivity contribution is 5.85. The minimum absolute atomic E-state index is 0. The second-order valence-corrected chi connectivity index (χ2v) is 7.03. The lowest BCUT2D eigenvalue weighted by Gasteiger charge is -2.38. The zero-order valence-corrected chi connectivity index (χ0v) is 17.0. The zero-order valence-electron chi connectivity index (χ0n) is 15.4. The lowest BCUT2D eigenvalue weighted by molar-refractivity contribution is -0.144. The van der Waals surface area contributed by atoms with Gasteiger partial charge >= 0.3 is 0 Å². The number of rotatable bonds is 5. The fourth-order valence-electron chi connectivity index (χ4n) is 3.80. The maximum Gasteiger partial charge on any atom is 0.251 e. The van der Waals surface area contributed by atoms with Crippen LogP contribution in [0.3, 0.4) is 0 Å². The van der Waals surface area contributed by atoms with Gasteiger partial charge in [0.25, 0.3) is 5.91 Å². The predicted octanol–water partition coefficient (Wildman–Crippen LogP) is 2.46.